The van der Waals surface area contributed by atoms with Crippen LogP contribution in [0.2, 0.25) is 0 Å². The minimum Gasteiger partial charge on any atom is -0.493 e. The lowest BCUT2D eigenvalue weighted by atomic mass is 10.0. The van der Waals surface area contributed by atoms with Gasteiger partial charge < -0.3 is 19.3 Å². The van der Waals surface area contributed by atoms with Gasteiger partial charge in [0.05, 0.1) is 32.8 Å². The van der Waals surface area contributed by atoms with Crippen molar-refractivity contribution in [2.24, 2.45) is 7.05 Å². The number of methoxy groups -OCH3 is 1. The van der Waals surface area contributed by atoms with Crippen molar-refractivity contribution in [1.29, 1.82) is 0 Å². The van der Waals surface area contributed by atoms with Gasteiger partial charge in [0.15, 0.2) is 11.5 Å². The first-order valence-corrected chi connectivity index (χ1v) is 12.1. The maximum Gasteiger partial charge on any atom is 0.410 e. The fraction of sp³-hybridized carbons (Fsp3) is 0.207. The van der Waals surface area contributed by atoms with Crippen molar-refractivity contribution in [1.82, 2.24) is 14.7 Å². The van der Waals surface area contributed by atoms with Crippen molar-refractivity contribution in [3.63, 3.8) is 0 Å². The fourth-order valence-corrected chi connectivity index (χ4v) is 4.44. The monoisotopic (exact) mass is 513 g/mol. The van der Waals surface area contributed by atoms with Crippen LogP contribution in [-0.2, 0) is 29.5 Å². The smallest absolute Gasteiger partial charge is 0.410 e. The second-order valence-electron chi connectivity index (χ2n) is 9.05. The number of aromatic nitrogens is 2. The van der Waals surface area contributed by atoms with Crippen molar-refractivity contribution in [3.05, 3.63) is 95.8 Å². The fourth-order valence-electron chi connectivity index (χ4n) is 4.44. The largest absolute Gasteiger partial charge is 0.493 e. The molecule has 1 saturated heterocycles. The number of nitrogens with zero attached hydrogens (tertiary/aromatic N) is 3. The molecule has 3 aromatic carbocycles. The van der Waals surface area contributed by atoms with Crippen molar-refractivity contribution in [2.45, 2.75) is 19.1 Å². The van der Waals surface area contributed by atoms with E-state index in [0.717, 1.165) is 22.3 Å². The van der Waals surface area contributed by atoms with E-state index < -0.39 is 12.1 Å². The summed E-state index contributed by atoms with van der Waals surface area (Å²) in [7, 11) is 3.37. The number of cyclic esters (lactones) is 1. The standard InChI is InChI=1S/C29H27N3O6/c1-31-16-23(15-30-31)21-9-11-24(37-26-12-19(13-28(33)34)8-10-25(26)36-2)22(14-21)17-32-18-27(38-29(32)35)20-6-4-3-5-7-20/h3-12,14-16,27H,13,17-18H2,1-2H3,(H,33,34)/t27-/m1/s1. The van der Waals surface area contributed by atoms with Crippen LogP contribution in [0.1, 0.15) is 22.8 Å². The summed E-state index contributed by atoms with van der Waals surface area (Å²) in [6.45, 7) is 0.652. The first-order valence-electron chi connectivity index (χ1n) is 12.1. The van der Waals surface area contributed by atoms with Gasteiger partial charge >= 0.3 is 12.1 Å². The average molecular weight is 514 g/mol. The zero-order valence-electron chi connectivity index (χ0n) is 21.0. The van der Waals surface area contributed by atoms with E-state index in [2.05, 4.69) is 5.10 Å². The van der Waals surface area contributed by atoms with Crippen molar-refractivity contribution < 1.29 is 28.9 Å². The number of aryl methyl sites for hydroxylation is 1. The Morgan fingerprint density at radius 3 is 2.55 bits per heavy atom. The molecule has 9 nitrogen and oxygen atoms in total. The zero-order chi connectivity index (χ0) is 26.6. The van der Waals surface area contributed by atoms with Crippen molar-refractivity contribution in [3.8, 4) is 28.4 Å². The first kappa shape index (κ1) is 24.9. The molecule has 0 radical (unpaired) electrons. The van der Waals surface area contributed by atoms with E-state index in [1.54, 1.807) is 34.0 Å². The summed E-state index contributed by atoms with van der Waals surface area (Å²) in [6, 6.07) is 20.4. The van der Waals surface area contributed by atoms with E-state index in [1.165, 1.54) is 7.11 Å². The molecule has 1 aromatic heterocycles. The third kappa shape index (κ3) is 5.46. The van der Waals surface area contributed by atoms with Crippen LogP contribution < -0.4 is 9.47 Å². The number of hydrogen-bond acceptors (Lipinski definition) is 6. The Bertz CT molecular complexity index is 1470. The molecule has 2 heterocycles. The highest BCUT2D eigenvalue weighted by Gasteiger charge is 2.33. The number of benzene rings is 3. The second kappa shape index (κ2) is 10.7. The van der Waals surface area contributed by atoms with Gasteiger partial charge in [-0.1, -0.05) is 42.5 Å². The van der Waals surface area contributed by atoms with Crippen molar-refractivity contribution in [2.75, 3.05) is 13.7 Å². The van der Waals surface area contributed by atoms with Gasteiger partial charge in [0.25, 0.3) is 0 Å². The molecule has 194 valence electrons. The van der Waals surface area contributed by atoms with E-state index in [0.29, 0.717) is 29.4 Å². The summed E-state index contributed by atoms with van der Waals surface area (Å²) in [5, 5.41) is 13.5. The Morgan fingerprint density at radius 1 is 1.05 bits per heavy atom. The van der Waals surface area contributed by atoms with Gasteiger partial charge in [-0.05, 0) is 41.0 Å². The summed E-state index contributed by atoms with van der Waals surface area (Å²) in [5.74, 6) is 0.418. The number of rotatable bonds is 9. The molecule has 9 heteroatoms. The van der Waals surface area contributed by atoms with E-state index in [9.17, 15) is 14.7 Å². The maximum absolute atomic E-state index is 12.8. The van der Waals surface area contributed by atoms with Crippen LogP contribution in [-0.4, -0.2) is 45.5 Å². The van der Waals surface area contributed by atoms with Gasteiger partial charge in [0.1, 0.15) is 11.9 Å². The molecule has 38 heavy (non-hydrogen) atoms. The number of carbonyl (C=O) groups excluding carboxylic acids is 1. The topological polar surface area (TPSA) is 103 Å². The number of carboxylic acid groups (broad SMARTS) is 1. The molecule has 0 bridgehead atoms. The van der Waals surface area contributed by atoms with E-state index >= 15 is 0 Å². The predicted octanol–water partition coefficient (Wildman–Crippen LogP) is 5.21. The predicted molar refractivity (Wildman–Crippen MR) is 139 cm³/mol. The minimum absolute atomic E-state index is 0.145. The van der Waals surface area contributed by atoms with Gasteiger partial charge in [-0.3, -0.25) is 14.4 Å². The van der Waals surface area contributed by atoms with Crippen LogP contribution in [0.4, 0.5) is 4.79 Å². The van der Waals surface area contributed by atoms with Crippen LogP contribution in [0.5, 0.6) is 17.2 Å². The number of amides is 1. The molecule has 1 atom stereocenters. The maximum atomic E-state index is 12.8. The Labute approximate surface area is 219 Å². The van der Waals surface area contributed by atoms with Gasteiger partial charge in [0.2, 0.25) is 0 Å². The highest BCUT2D eigenvalue weighted by atomic mass is 16.6. The quantitative estimate of drug-likeness (QED) is 0.328. The summed E-state index contributed by atoms with van der Waals surface area (Å²) in [4.78, 5) is 25.7. The van der Waals surface area contributed by atoms with E-state index in [1.807, 2.05) is 61.8 Å². The molecule has 1 fully saturated rings. The number of ether oxygens (including phenoxy) is 3. The molecule has 1 amide bonds. The van der Waals surface area contributed by atoms with Gasteiger partial charge in [-0.25, -0.2) is 4.79 Å². The van der Waals surface area contributed by atoms with Crippen LogP contribution in [0.25, 0.3) is 11.1 Å². The summed E-state index contributed by atoms with van der Waals surface area (Å²) in [5.41, 5.74) is 4.11. The average Bonchev–Trinajstić information content (AvgIpc) is 3.51. The Hall–Kier alpha value is -4.79. The molecule has 4 aromatic rings. The molecule has 0 spiro atoms. The number of carbonyl (C=O) groups is 2. The van der Waals surface area contributed by atoms with Crippen LogP contribution in [0.3, 0.4) is 0 Å². The molecule has 1 N–H and O–H groups in total. The number of hydrogen-bond donors (Lipinski definition) is 1. The van der Waals surface area contributed by atoms with Gasteiger partial charge in [-0.15, -0.1) is 0 Å². The van der Waals surface area contributed by atoms with Gasteiger partial charge in [0, 0.05) is 24.4 Å². The van der Waals surface area contributed by atoms with E-state index in [4.69, 9.17) is 14.2 Å². The minimum atomic E-state index is -0.942. The Morgan fingerprint density at radius 2 is 1.84 bits per heavy atom. The van der Waals surface area contributed by atoms with Crippen molar-refractivity contribution >= 4 is 12.1 Å². The summed E-state index contributed by atoms with van der Waals surface area (Å²) in [6.07, 6.45) is 2.77. The molecule has 0 unspecified atom stereocenters. The third-order valence-electron chi connectivity index (χ3n) is 6.32. The van der Waals surface area contributed by atoms with Crippen LogP contribution in [0.15, 0.2) is 79.1 Å². The Kier molecular flexibility index (Phi) is 6.99. The lowest BCUT2D eigenvalue weighted by Gasteiger charge is -2.19. The highest BCUT2D eigenvalue weighted by molar-refractivity contribution is 5.72. The summed E-state index contributed by atoms with van der Waals surface area (Å²) < 4.78 is 19.1. The Balaban J connectivity index is 1.48. The molecule has 1 aliphatic heterocycles. The molecular weight excluding hydrogens is 486 g/mol. The lowest BCUT2D eigenvalue weighted by molar-refractivity contribution is -0.136. The molecule has 0 saturated carbocycles. The van der Waals surface area contributed by atoms with Crippen LogP contribution in [0, 0.1) is 0 Å². The number of carboxylic acids is 1. The zero-order valence-corrected chi connectivity index (χ0v) is 21.0. The first-order chi connectivity index (χ1) is 18.4. The molecule has 1 aliphatic rings. The molecule has 5 rings (SSSR count). The number of aliphatic carboxylic acids is 1. The normalized spacial score (nSPS) is 14.8. The van der Waals surface area contributed by atoms with E-state index in [-0.39, 0.29) is 19.1 Å². The molecular formula is C29H27N3O6. The molecule has 0 aliphatic carbocycles. The summed E-state index contributed by atoms with van der Waals surface area (Å²) >= 11 is 0. The second-order valence-corrected chi connectivity index (χ2v) is 9.05. The van der Waals surface area contributed by atoms with Gasteiger partial charge in [-0.2, -0.15) is 5.10 Å². The SMILES string of the molecule is COc1ccc(CC(=O)O)cc1Oc1ccc(-c2cnn(C)c2)cc1CN1C[C@H](c2ccccc2)OC1=O. The van der Waals surface area contributed by atoms with Crippen LogP contribution >= 0.6 is 0 Å². The lowest BCUT2D eigenvalue weighted by Crippen LogP contribution is -2.24. The third-order valence-corrected chi connectivity index (χ3v) is 6.32. The highest BCUT2D eigenvalue weighted by Crippen LogP contribution is 2.37.